The van der Waals surface area contributed by atoms with Gasteiger partial charge < -0.3 is 21.5 Å². The molecule has 0 aromatic carbocycles. The van der Waals surface area contributed by atoms with E-state index in [0.29, 0.717) is 6.54 Å². The Morgan fingerprint density at radius 1 is 1.50 bits per heavy atom. The smallest absolute Gasteiger partial charge is 0.0789 e. The van der Waals surface area contributed by atoms with Crippen molar-refractivity contribution in [2.45, 2.75) is 25.9 Å². The van der Waals surface area contributed by atoms with E-state index in [9.17, 15) is 5.11 Å². The first-order chi connectivity index (χ1) is 6.72. The van der Waals surface area contributed by atoms with Crippen molar-refractivity contribution in [2.24, 2.45) is 17.4 Å². The van der Waals surface area contributed by atoms with Crippen molar-refractivity contribution in [1.82, 2.24) is 4.90 Å². The Morgan fingerprint density at radius 2 is 2.14 bits per heavy atom. The molecule has 14 heavy (non-hydrogen) atoms. The summed E-state index contributed by atoms with van der Waals surface area (Å²) >= 11 is 0. The van der Waals surface area contributed by atoms with Crippen molar-refractivity contribution in [1.29, 1.82) is 0 Å². The van der Waals surface area contributed by atoms with Crippen molar-refractivity contribution in [2.75, 3.05) is 33.2 Å². The van der Waals surface area contributed by atoms with Gasteiger partial charge in [0.2, 0.25) is 0 Å². The summed E-state index contributed by atoms with van der Waals surface area (Å²) in [5, 5.41) is 9.33. The molecule has 0 aromatic rings. The first kappa shape index (κ1) is 13.8. The van der Waals surface area contributed by atoms with E-state index in [0.717, 1.165) is 25.6 Å². The summed E-state index contributed by atoms with van der Waals surface area (Å²) in [4.78, 5) is 2.31. The van der Waals surface area contributed by atoms with Crippen molar-refractivity contribution in [3.8, 4) is 0 Å². The fourth-order valence-corrected chi connectivity index (χ4v) is 1.83. The summed E-state index contributed by atoms with van der Waals surface area (Å²) in [5.74, 6) is 0.781. The van der Waals surface area contributed by atoms with E-state index < -0.39 is 0 Å². The van der Waals surface area contributed by atoms with Gasteiger partial charge in [0.1, 0.15) is 0 Å². The number of likely N-dealkylation sites (tertiary alicyclic amines) is 1. The van der Waals surface area contributed by atoms with Gasteiger partial charge in [0, 0.05) is 19.6 Å². The highest BCUT2D eigenvalue weighted by Crippen LogP contribution is 2.15. The third-order valence-corrected chi connectivity index (χ3v) is 2.48. The largest absolute Gasteiger partial charge is 0.390 e. The Kier molecular flexibility index (Phi) is 8.08. The molecule has 4 heteroatoms. The minimum atomic E-state index is -0.338. The van der Waals surface area contributed by atoms with Crippen LogP contribution in [-0.4, -0.2) is 49.3 Å². The van der Waals surface area contributed by atoms with Crippen LogP contribution in [0, 0.1) is 5.92 Å². The lowest BCUT2D eigenvalue weighted by atomic mass is 10.00. The van der Waals surface area contributed by atoms with Gasteiger partial charge >= 0.3 is 0 Å². The second-order valence-electron chi connectivity index (χ2n) is 3.90. The normalized spacial score (nSPS) is 25.1. The molecule has 1 aliphatic heterocycles. The van der Waals surface area contributed by atoms with Gasteiger partial charge in [-0.15, -0.1) is 0 Å². The lowest BCUT2D eigenvalue weighted by Gasteiger charge is -2.31. The fourth-order valence-electron chi connectivity index (χ4n) is 1.83. The Labute approximate surface area is 87.3 Å². The molecule has 5 N–H and O–H groups in total. The van der Waals surface area contributed by atoms with Gasteiger partial charge in [-0.2, -0.15) is 0 Å². The summed E-state index contributed by atoms with van der Waals surface area (Å²) in [7, 11) is 1.50. The van der Waals surface area contributed by atoms with Gasteiger partial charge in [0.15, 0.2) is 0 Å². The Balaban J connectivity index is 0.000000791. The van der Waals surface area contributed by atoms with Gasteiger partial charge in [-0.3, -0.25) is 0 Å². The monoisotopic (exact) mass is 203 g/mol. The molecular weight excluding hydrogens is 178 g/mol. The van der Waals surface area contributed by atoms with Crippen LogP contribution in [0.3, 0.4) is 0 Å². The molecule has 0 bridgehead atoms. The first-order valence-electron chi connectivity index (χ1n) is 5.40. The van der Waals surface area contributed by atoms with Gasteiger partial charge in [-0.05, 0) is 32.4 Å². The highest BCUT2D eigenvalue weighted by atomic mass is 16.3. The number of aliphatic hydroxyl groups excluding tert-OH is 1. The van der Waals surface area contributed by atoms with Crippen LogP contribution in [-0.2, 0) is 0 Å². The number of rotatable bonds is 3. The van der Waals surface area contributed by atoms with E-state index in [2.05, 4.69) is 17.6 Å². The third-order valence-electron chi connectivity index (χ3n) is 2.48. The summed E-state index contributed by atoms with van der Waals surface area (Å²) in [6.07, 6.45) is 2.25. The summed E-state index contributed by atoms with van der Waals surface area (Å²) < 4.78 is 0. The van der Waals surface area contributed by atoms with E-state index in [1.165, 1.54) is 19.9 Å². The number of nitrogens with two attached hydrogens (primary N) is 2. The molecule has 86 valence electrons. The molecule has 0 amide bonds. The van der Waals surface area contributed by atoms with E-state index in [1.54, 1.807) is 0 Å². The molecule has 0 aliphatic carbocycles. The zero-order valence-corrected chi connectivity index (χ0v) is 9.45. The predicted molar refractivity (Wildman–Crippen MR) is 60.0 cm³/mol. The van der Waals surface area contributed by atoms with Crippen LogP contribution in [0.25, 0.3) is 0 Å². The van der Waals surface area contributed by atoms with Gasteiger partial charge in [0.25, 0.3) is 0 Å². The van der Waals surface area contributed by atoms with Crippen LogP contribution < -0.4 is 11.5 Å². The highest BCUT2D eigenvalue weighted by Gasteiger charge is 2.17. The van der Waals surface area contributed by atoms with Gasteiger partial charge in [-0.25, -0.2) is 0 Å². The first-order valence-corrected chi connectivity index (χ1v) is 5.40. The van der Waals surface area contributed by atoms with Crippen LogP contribution in [0.4, 0.5) is 0 Å². The average molecular weight is 203 g/mol. The Hall–Kier alpha value is -0.160. The standard InChI is InChI=1S/C9H20N2O.CH5N/c1-8-3-2-4-11(6-8)7-9(12)5-10;1-2/h8-9,12H,2-7,10H2,1H3;2H2,1H3/t8?,9-;/m0./s1. The summed E-state index contributed by atoms with van der Waals surface area (Å²) in [5.41, 5.74) is 9.85. The van der Waals surface area contributed by atoms with Gasteiger partial charge in [-0.1, -0.05) is 6.92 Å². The molecule has 1 unspecified atom stereocenters. The van der Waals surface area contributed by atoms with Crippen LogP contribution in [0.15, 0.2) is 0 Å². The lowest BCUT2D eigenvalue weighted by molar-refractivity contribution is 0.0924. The SMILES string of the molecule is CC1CCCN(C[C@@H](O)CN)C1.CN. The molecule has 0 aromatic heterocycles. The lowest BCUT2D eigenvalue weighted by Crippen LogP contribution is -2.41. The van der Waals surface area contributed by atoms with Crippen LogP contribution in [0.5, 0.6) is 0 Å². The highest BCUT2D eigenvalue weighted by molar-refractivity contribution is 4.72. The predicted octanol–water partition coefficient (Wildman–Crippen LogP) is -0.387. The molecule has 4 nitrogen and oxygen atoms in total. The van der Waals surface area contributed by atoms with Crippen LogP contribution >= 0.6 is 0 Å². The van der Waals surface area contributed by atoms with Crippen molar-refractivity contribution in [3.05, 3.63) is 0 Å². The maximum atomic E-state index is 9.33. The number of β-amino-alcohol motifs (C(OH)–C–C–N with tert-alkyl or cyclic N) is 1. The maximum absolute atomic E-state index is 9.33. The molecule has 1 rings (SSSR count). The number of aliphatic hydroxyl groups is 1. The zero-order valence-electron chi connectivity index (χ0n) is 9.45. The minimum Gasteiger partial charge on any atom is -0.390 e. The zero-order chi connectivity index (χ0) is 11.0. The second-order valence-corrected chi connectivity index (χ2v) is 3.90. The molecule has 0 saturated carbocycles. The topological polar surface area (TPSA) is 75.5 Å². The molecule has 0 spiro atoms. The number of piperidine rings is 1. The molecule has 2 atom stereocenters. The number of nitrogens with zero attached hydrogens (tertiary/aromatic N) is 1. The number of hydrogen-bond acceptors (Lipinski definition) is 4. The van der Waals surface area contributed by atoms with E-state index in [-0.39, 0.29) is 6.10 Å². The molecule has 1 saturated heterocycles. The number of hydrogen-bond donors (Lipinski definition) is 3. The maximum Gasteiger partial charge on any atom is 0.0789 e. The summed E-state index contributed by atoms with van der Waals surface area (Å²) in [6, 6.07) is 0. The molecular formula is C10H25N3O. The third kappa shape index (κ3) is 5.54. The molecule has 1 aliphatic rings. The average Bonchev–Trinajstić information content (AvgIpc) is 2.21. The van der Waals surface area contributed by atoms with E-state index in [4.69, 9.17) is 5.73 Å². The van der Waals surface area contributed by atoms with Crippen LogP contribution in [0.1, 0.15) is 19.8 Å². The summed E-state index contributed by atoms with van der Waals surface area (Å²) in [6.45, 7) is 5.64. The minimum absolute atomic E-state index is 0.338. The van der Waals surface area contributed by atoms with Crippen molar-refractivity contribution < 1.29 is 5.11 Å². The van der Waals surface area contributed by atoms with Gasteiger partial charge in [0.05, 0.1) is 6.10 Å². The quantitative estimate of drug-likeness (QED) is 0.584. The second kappa shape index (κ2) is 8.17. The fraction of sp³-hybridized carbons (Fsp3) is 1.00. The molecule has 1 fully saturated rings. The molecule has 0 radical (unpaired) electrons. The Morgan fingerprint density at radius 3 is 2.64 bits per heavy atom. The molecule has 1 heterocycles. The van der Waals surface area contributed by atoms with E-state index >= 15 is 0 Å². The van der Waals surface area contributed by atoms with E-state index in [1.807, 2.05) is 0 Å². The van der Waals surface area contributed by atoms with Crippen LogP contribution in [0.2, 0.25) is 0 Å². The Bertz CT molecular complexity index is 133. The van der Waals surface area contributed by atoms with Crippen molar-refractivity contribution >= 4 is 0 Å². The van der Waals surface area contributed by atoms with Crippen molar-refractivity contribution in [3.63, 3.8) is 0 Å².